The van der Waals surface area contributed by atoms with Crippen LogP contribution in [0.25, 0.3) is 28.3 Å². The molecule has 0 aliphatic heterocycles. The van der Waals surface area contributed by atoms with Crippen molar-refractivity contribution >= 4 is 28.5 Å². The normalized spacial score (nSPS) is 11.2. The predicted molar refractivity (Wildman–Crippen MR) is 126 cm³/mol. The average Bonchev–Trinajstić information content (AvgIpc) is 3.42. The van der Waals surface area contributed by atoms with Crippen LogP contribution in [0.15, 0.2) is 59.3 Å². The Morgan fingerprint density at radius 1 is 1.09 bits per heavy atom. The van der Waals surface area contributed by atoms with Gasteiger partial charge in [-0.3, -0.25) is 9.36 Å². The molecule has 166 valence electrons. The number of amides is 1. The van der Waals surface area contributed by atoms with Crippen LogP contribution in [-0.2, 0) is 11.2 Å². The number of nitrogens with zero attached hydrogens (tertiary/aromatic N) is 3. The van der Waals surface area contributed by atoms with Crippen LogP contribution in [0.3, 0.4) is 0 Å². The Hall–Kier alpha value is -3.16. The van der Waals surface area contributed by atoms with Crippen LogP contribution in [0.2, 0.25) is 5.02 Å². The number of para-hydroxylation sites is 2. The van der Waals surface area contributed by atoms with Crippen LogP contribution in [0.1, 0.15) is 25.0 Å². The first-order valence-corrected chi connectivity index (χ1v) is 11.1. The zero-order valence-corrected chi connectivity index (χ0v) is 18.7. The van der Waals surface area contributed by atoms with E-state index in [0.717, 1.165) is 36.0 Å². The molecule has 2 heterocycles. The van der Waals surface area contributed by atoms with Crippen molar-refractivity contribution in [3.63, 3.8) is 0 Å². The number of carbonyl (C=O) groups excluding carboxylic acids is 1. The van der Waals surface area contributed by atoms with Crippen LogP contribution in [-0.4, -0.2) is 40.6 Å². The van der Waals surface area contributed by atoms with Gasteiger partial charge >= 0.3 is 6.01 Å². The van der Waals surface area contributed by atoms with Crippen LogP contribution < -0.4 is 10.6 Å². The third kappa shape index (κ3) is 5.18. The number of fused-ring (bicyclic) bond motifs is 1. The maximum absolute atomic E-state index is 12.3. The molecule has 1 amide bonds. The van der Waals surface area contributed by atoms with E-state index in [1.165, 1.54) is 0 Å². The molecule has 0 aliphatic carbocycles. The molecule has 2 aromatic heterocycles. The van der Waals surface area contributed by atoms with Crippen molar-refractivity contribution in [2.45, 2.75) is 25.7 Å². The van der Waals surface area contributed by atoms with E-state index in [-0.39, 0.29) is 5.91 Å². The van der Waals surface area contributed by atoms with E-state index in [0.29, 0.717) is 41.9 Å². The van der Waals surface area contributed by atoms with Crippen molar-refractivity contribution in [3.05, 3.63) is 65.6 Å². The minimum atomic E-state index is 0.00236. The minimum Gasteiger partial charge on any atom is -0.427 e. The summed E-state index contributed by atoms with van der Waals surface area (Å²) in [5, 5.41) is 6.73. The van der Waals surface area contributed by atoms with Gasteiger partial charge < -0.3 is 15.1 Å². The number of rotatable bonds is 10. The average molecular weight is 452 g/mol. The first-order valence-electron chi connectivity index (χ1n) is 10.7. The molecule has 2 N–H and O–H groups in total. The van der Waals surface area contributed by atoms with E-state index >= 15 is 0 Å². The van der Waals surface area contributed by atoms with Gasteiger partial charge in [0.1, 0.15) is 17.8 Å². The maximum atomic E-state index is 12.3. The van der Waals surface area contributed by atoms with Crippen LogP contribution >= 0.6 is 11.6 Å². The molecule has 0 bridgehead atoms. The zero-order valence-electron chi connectivity index (χ0n) is 18.0. The molecule has 2 aromatic carbocycles. The van der Waals surface area contributed by atoms with Gasteiger partial charge in [0.15, 0.2) is 0 Å². The summed E-state index contributed by atoms with van der Waals surface area (Å²) in [4.78, 5) is 21.5. The van der Waals surface area contributed by atoms with Crippen molar-refractivity contribution in [2.75, 3.05) is 20.1 Å². The quantitative estimate of drug-likeness (QED) is 0.349. The summed E-state index contributed by atoms with van der Waals surface area (Å²) in [6, 6.07) is 15.7. The highest BCUT2D eigenvalue weighted by Crippen LogP contribution is 2.29. The molecule has 0 radical (unpaired) electrons. The molecule has 0 atom stereocenters. The summed E-state index contributed by atoms with van der Waals surface area (Å²) in [6.45, 7) is 1.62. The van der Waals surface area contributed by atoms with Crippen LogP contribution in [0, 0.1) is 0 Å². The van der Waals surface area contributed by atoms with Gasteiger partial charge in [-0.25, -0.2) is 4.98 Å². The molecule has 32 heavy (non-hydrogen) atoms. The Kier molecular flexibility index (Phi) is 7.19. The van der Waals surface area contributed by atoms with Crippen LogP contribution in [0.4, 0.5) is 0 Å². The molecule has 0 aliphatic rings. The molecule has 4 rings (SSSR count). The van der Waals surface area contributed by atoms with Crippen molar-refractivity contribution in [1.82, 2.24) is 25.2 Å². The van der Waals surface area contributed by atoms with Crippen LogP contribution in [0.5, 0.6) is 0 Å². The number of aromatic nitrogens is 3. The van der Waals surface area contributed by atoms with Crippen molar-refractivity contribution in [2.24, 2.45) is 0 Å². The number of imidazole rings is 1. The molecular weight excluding hydrogens is 426 g/mol. The number of halogens is 1. The summed E-state index contributed by atoms with van der Waals surface area (Å²) >= 11 is 6.06. The summed E-state index contributed by atoms with van der Waals surface area (Å²) in [5.74, 6) is 0.660. The molecule has 4 aromatic rings. The van der Waals surface area contributed by atoms with E-state index in [2.05, 4.69) is 15.6 Å². The number of unbranched alkanes of at least 4 members (excludes halogenated alkanes) is 1. The second-order valence-corrected chi connectivity index (χ2v) is 7.98. The van der Waals surface area contributed by atoms with Gasteiger partial charge in [-0.2, -0.15) is 4.98 Å². The number of benzene rings is 2. The fraction of sp³-hybridized carbons (Fsp3) is 0.292. The summed E-state index contributed by atoms with van der Waals surface area (Å²) in [6.07, 6.45) is 4.44. The number of hydrogen-bond donors (Lipinski definition) is 2. The molecule has 0 fully saturated rings. The van der Waals surface area contributed by atoms with Crippen molar-refractivity contribution in [1.29, 1.82) is 0 Å². The maximum Gasteiger partial charge on any atom is 0.308 e. The largest absolute Gasteiger partial charge is 0.427 e. The highest BCUT2D eigenvalue weighted by Gasteiger charge is 2.19. The lowest BCUT2D eigenvalue weighted by Gasteiger charge is -2.05. The number of carbonyl (C=O) groups is 1. The van der Waals surface area contributed by atoms with Crippen molar-refractivity contribution in [3.8, 4) is 17.3 Å². The lowest BCUT2D eigenvalue weighted by molar-refractivity contribution is -0.121. The first-order chi connectivity index (χ1) is 15.7. The number of aryl methyl sites for hydroxylation is 1. The van der Waals surface area contributed by atoms with Gasteiger partial charge in [0.25, 0.3) is 0 Å². The molecule has 7 nitrogen and oxygen atoms in total. The Morgan fingerprint density at radius 2 is 1.88 bits per heavy atom. The molecule has 0 spiro atoms. The third-order valence-corrected chi connectivity index (χ3v) is 5.47. The Morgan fingerprint density at radius 3 is 2.69 bits per heavy atom. The monoisotopic (exact) mass is 451 g/mol. The summed E-state index contributed by atoms with van der Waals surface area (Å²) in [7, 11) is 1.93. The molecule has 0 saturated heterocycles. The van der Waals surface area contributed by atoms with Gasteiger partial charge in [-0.05, 0) is 50.7 Å². The fourth-order valence-corrected chi connectivity index (χ4v) is 3.65. The van der Waals surface area contributed by atoms with Crippen molar-refractivity contribution < 1.29 is 9.21 Å². The van der Waals surface area contributed by atoms with Gasteiger partial charge in [0.2, 0.25) is 5.91 Å². The highest BCUT2D eigenvalue weighted by molar-refractivity contribution is 6.30. The summed E-state index contributed by atoms with van der Waals surface area (Å²) < 4.78 is 7.97. The number of nitrogens with one attached hydrogen (secondary N) is 2. The lowest BCUT2D eigenvalue weighted by atomic mass is 10.1. The SMILES string of the molecule is CNCCCCNC(=O)CCc1oc(-n2cnc3ccccc32)nc1-c1ccc(Cl)cc1. The highest BCUT2D eigenvalue weighted by atomic mass is 35.5. The van der Waals surface area contributed by atoms with Gasteiger partial charge in [0.05, 0.1) is 11.0 Å². The standard InChI is InChI=1S/C24H26ClN5O2/c1-26-14-4-5-15-27-22(31)13-12-21-23(17-8-10-18(25)11-9-17)29-24(32-21)30-16-28-19-6-2-3-7-20(19)30/h2-3,6-11,16,26H,4-5,12-15H2,1H3,(H,27,31). The first kappa shape index (κ1) is 22.0. The van der Waals surface area contributed by atoms with E-state index in [9.17, 15) is 4.79 Å². The number of hydrogen-bond acceptors (Lipinski definition) is 5. The van der Waals surface area contributed by atoms with E-state index in [1.807, 2.05) is 60.1 Å². The zero-order chi connectivity index (χ0) is 22.3. The van der Waals surface area contributed by atoms with E-state index < -0.39 is 0 Å². The molecule has 8 heteroatoms. The Balaban J connectivity index is 1.55. The second-order valence-electron chi connectivity index (χ2n) is 7.54. The third-order valence-electron chi connectivity index (χ3n) is 5.22. The minimum absolute atomic E-state index is 0.00236. The van der Waals surface area contributed by atoms with Gasteiger partial charge in [-0.15, -0.1) is 0 Å². The smallest absolute Gasteiger partial charge is 0.308 e. The number of oxazole rings is 1. The lowest BCUT2D eigenvalue weighted by Crippen LogP contribution is -2.25. The summed E-state index contributed by atoms with van der Waals surface area (Å²) in [5.41, 5.74) is 3.35. The molecule has 0 saturated carbocycles. The van der Waals surface area contributed by atoms with Gasteiger partial charge in [-0.1, -0.05) is 35.9 Å². The predicted octanol–water partition coefficient (Wildman–Crippen LogP) is 4.38. The topological polar surface area (TPSA) is 85.0 Å². The molecule has 0 unspecified atom stereocenters. The van der Waals surface area contributed by atoms with E-state index in [1.54, 1.807) is 6.33 Å². The molecular formula is C24H26ClN5O2. The van der Waals surface area contributed by atoms with Gasteiger partial charge in [0, 0.05) is 30.0 Å². The second kappa shape index (κ2) is 10.4. The Bertz CT molecular complexity index is 1180. The van der Waals surface area contributed by atoms with E-state index in [4.69, 9.17) is 21.0 Å². The fourth-order valence-electron chi connectivity index (χ4n) is 3.53. The Labute approximate surface area is 191 Å².